The monoisotopic (exact) mass is 534 g/mol. The predicted octanol–water partition coefficient (Wildman–Crippen LogP) is 7.33. The number of amides is 1. The quantitative estimate of drug-likeness (QED) is 0.337. The van der Waals surface area contributed by atoms with Crippen LogP contribution >= 0.6 is 0 Å². The van der Waals surface area contributed by atoms with Gasteiger partial charge in [-0.15, -0.1) is 0 Å². The average Bonchev–Trinajstić information content (AvgIpc) is 3.08. The van der Waals surface area contributed by atoms with E-state index in [0.29, 0.717) is 35.7 Å². The highest BCUT2D eigenvalue weighted by atomic mass is 19.4. The maximum absolute atomic E-state index is 14.1. The summed E-state index contributed by atoms with van der Waals surface area (Å²) in [5.41, 5.74) is 2.48. The number of allylic oxidation sites excluding steroid dienone is 1. The van der Waals surface area contributed by atoms with Gasteiger partial charge in [-0.2, -0.15) is 13.2 Å². The lowest BCUT2D eigenvalue weighted by molar-refractivity contribution is -0.170. The van der Waals surface area contributed by atoms with Crippen LogP contribution < -0.4 is 15.0 Å². The summed E-state index contributed by atoms with van der Waals surface area (Å²) in [6, 6.07) is 21.3. The minimum absolute atomic E-state index is 0.0616. The number of fused-ring (bicyclic) bond motifs is 1. The van der Waals surface area contributed by atoms with Crippen molar-refractivity contribution in [3.8, 4) is 5.75 Å². The van der Waals surface area contributed by atoms with E-state index in [4.69, 9.17) is 4.74 Å². The number of nitrogens with one attached hydrogen (secondary N) is 1. The number of halogens is 3. The molecule has 1 aliphatic carbocycles. The van der Waals surface area contributed by atoms with Crippen molar-refractivity contribution in [1.82, 2.24) is 0 Å². The third-order valence-corrected chi connectivity index (χ3v) is 7.18. The topological polar surface area (TPSA) is 58.6 Å². The number of carbonyl (C=O) groups excluding carboxylic acids is 2. The zero-order valence-corrected chi connectivity index (χ0v) is 21.5. The van der Waals surface area contributed by atoms with Crippen LogP contribution in [-0.4, -0.2) is 24.5 Å². The molecule has 0 fully saturated rings. The lowest BCUT2D eigenvalue weighted by atomic mass is 9.78. The van der Waals surface area contributed by atoms with Crippen LogP contribution in [0.3, 0.4) is 0 Å². The number of anilines is 2. The summed E-state index contributed by atoms with van der Waals surface area (Å²) < 4.78 is 47.9. The second kappa shape index (κ2) is 11.0. The van der Waals surface area contributed by atoms with E-state index in [1.807, 2.05) is 37.3 Å². The predicted molar refractivity (Wildman–Crippen MR) is 144 cm³/mol. The molecule has 0 unspecified atom stereocenters. The van der Waals surface area contributed by atoms with Crippen molar-refractivity contribution >= 4 is 23.1 Å². The molecule has 2 atom stereocenters. The van der Waals surface area contributed by atoms with E-state index in [9.17, 15) is 22.8 Å². The fourth-order valence-corrected chi connectivity index (χ4v) is 5.31. The summed E-state index contributed by atoms with van der Waals surface area (Å²) >= 11 is 0. The molecule has 3 aromatic rings. The smallest absolute Gasteiger partial charge is 0.471 e. The van der Waals surface area contributed by atoms with Gasteiger partial charge in [0.25, 0.3) is 0 Å². The normalized spacial score (nSPS) is 19.1. The largest absolute Gasteiger partial charge is 0.494 e. The molecule has 0 saturated carbocycles. The van der Waals surface area contributed by atoms with Gasteiger partial charge in [-0.05, 0) is 54.2 Å². The standard InChI is InChI=1S/C31H29F3N2O3/c1-2-3-17-39-23-15-13-21(14-16-23)29-28-25(18-22(19-27(28)37)20-9-5-4-6-10-20)35-24-11-7-8-12-26(24)36(29)30(38)31(32,33)34/h4-16,22,29,35H,2-3,17-19H2,1H3/t22-,29+/m1/s1. The molecule has 2 aliphatic rings. The fourth-order valence-electron chi connectivity index (χ4n) is 5.31. The number of benzene rings is 3. The van der Waals surface area contributed by atoms with E-state index in [-0.39, 0.29) is 29.4 Å². The molecule has 0 bridgehead atoms. The lowest BCUT2D eigenvalue weighted by Crippen LogP contribution is -2.45. The van der Waals surface area contributed by atoms with Crippen LogP contribution in [0.25, 0.3) is 0 Å². The van der Waals surface area contributed by atoms with E-state index in [0.717, 1.165) is 23.3 Å². The van der Waals surface area contributed by atoms with Crippen LogP contribution in [0, 0.1) is 0 Å². The highest BCUT2D eigenvalue weighted by Crippen LogP contribution is 2.48. The van der Waals surface area contributed by atoms with Gasteiger partial charge in [0, 0.05) is 17.7 Å². The molecule has 39 heavy (non-hydrogen) atoms. The Labute approximate surface area is 225 Å². The fraction of sp³-hybridized carbons (Fsp3) is 0.290. The third-order valence-electron chi connectivity index (χ3n) is 7.18. The first kappa shape index (κ1) is 26.5. The Bertz CT molecular complexity index is 1380. The average molecular weight is 535 g/mol. The molecule has 0 radical (unpaired) electrons. The molecule has 1 N–H and O–H groups in total. The maximum atomic E-state index is 14.1. The van der Waals surface area contributed by atoms with Crippen molar-refractivity contribution in [2.75, 3.05) is 16.8 Å². The second-order valence-corrected chi connectivity index (χ2v) is 9.82. The van der Waals surface area contributed by atoms with E-state index in [2.05, 4.69) is 5.32 Å². The summed E-state index contributed by atoms with van der Waals surface area (Å²) in [6.45, 7) is 2.56. The molecule has 1 aliphatic heterocycles. The number of hydrogen-bond donors (Lipinski definition) is 1. The Kier molecular flexibility index (Phi) is 7.46. The molecule has 3 aromatic carbocycles. The molecule has 5 rings (SSSR count). The SMILES string of the molecule is CCCCOc1ccc([C@H]2C3=C(C[C@@H](c4ccccc4)CC3=O)Nc3ccccc3N2C(=O)C(F)(F)F)cc1. The number of ether oxygens (including phenoxy) is 1. The summed E-state index contributed by atoms with van der Waals surface area (Å²) in [5, 5.41) is 3.25. The van der Waals surface area contributed by atoms with Crippen molar-refractivity contribution < 1.29 is 27.5 Å². The van der Waals surface area contributed by atoms with Crippen molar-refractivity contribution in [2.45, 2.75) is 50.7 Å². The number of carbonyl (C=O) groups is 2. The van der Waals surface area contributed by atoms with Crippen molar-refractivity contribution in [2.24, 2.45) is 0 Å². The van der Waals surface area contributed by atoms with E-state index in [1.54, 1.807) is 42.5 Å². The first-order valence-electron chi connectivity index (χ1n) is 13.1. The van der Waals surface area contributed by atoms with Crippen molar-refractivity contribution in [3.63, 3.8) is 0 Å². The number of para-hydroxylation sites is 2. The summed E-state index contributed by atoms with van der Waals surface area (Å²) in [4.78, 5) is 27.6. The van der Waals surface area contributed by atoms with Gasteiger partial charge < -0.3 is 10.1 Å². The van der Waals surface area contributed by atoms with Crippen LogP contribution in [0.1, 0.15) is 55.7 Å². The van der Waals surface area contributed by atoms with Crippen LogP contribution in [0.5, 0.6) is 5.75 Å². The van der Waals surface area contributed by atoms with Gasteiger partial charge in [-0.25, -0.2) is 0 Å². The molecule has 1 heterocycles. The number of nitrogens with zero attached hydrogens (tertiary/aromatic N) is 1. The van der Waals surface area contributed by atoms with Crippen LogP contribution in [0.15, 0.2) is 90.1 Å². The summed E-state index contributed by atoms with van der Waals surface area (Å²) in [6.07, 6.45) is -2.77. The van der Waals surface area contributed by atoms with Crippen molar-refractivity contribution in [1.29, 1.82) is 0 Å². The number of rotatable bonds is 6. The highest BCUT2D eigenvalue weighted by Gasteiger charge is 2.49. The third kappa shape index (κ3) is 5.41. The molecular formula is C31H29F3N2O3. The number of ketones is 1. The first-order valence-corrected chi connectivity index (χ1v) is 13.1. The highest BCUT2D eigenvalue weighted by molar-refractivity contribution is 6.07. The first-order chi connectivity index (χ1) is 18.8. The molecule has 5 nitrogen and oxygen atoms in total. The molecule has 0 aromatic heterocycles. The minimum Gasteiger partial charge on any atom is -0.494 e. The molecule has 0 spiro atoms. The Morgan fingerprint density at radius 2 is 1.64 bits per heavy atom. The van der Waals surface area contributed by atoms with E-state index in [1.165, 1.54) is 6.07 Å². The molecule has 202 valence electrons. The molecule has 0 saturated heterocycles. The van der Waals surface area contributed by atoms with Gasteiger partial charge in [-0.3, -0.25) is 14.5 Å². The van der Waals surface area contributed by atoms with Gasteiger partial charge in [0.15, 0.2) is 5.78 Å². The molecular weight excluding hydrogens is 505 g/mol. The Hall–Kier alpha value is -4.07. The van der Waals surface area contributed by atoms with Crippen LogP contribution in [-0.2, 0) is 9.59 Å². The molecule has 8 heteroatoms. The number of Topliss-reactive ketones (excluding diaryl/α,β-unsaturated/α-hetero) is 1. The number of hydrogen-bond acceptors (Lipinski definition) is 4. The lowest BCUT2D eigenvalue weighted by Gasteiger charge is -2.35. The number of alkyl halides is 3. The van der Waals surface area contributed by atoms with Gasteiger partial charge in [0.2, 0.25) is 0 Å². The van der Waals surface area contributed by atoms with Gasteiger partial charge in [0.05, 0.1) is 24.0 Å². The summed E-state index contributed by atoms with van der Waals surface area (Å²) in [5.74, 6) is -1.89. The van der Waals surface area contributed by atoms with Crippen LogP contribution in [0.4, 0.5) is 24.5 Å². The van der Waals surface area contributed by atoms with Gasteiger partial charge >= 0.3 is 12.1 Å². The van der Waals surface area contributed by atoms with Crippen LogP contribution in [0.2, 0.25) is 0 Å². The zero-order valence-electron chi connectivity index (χ0n) is 21.5. The van der Waals surface area contributed by atoms with E-state index >= 15 is 0 Å². The zero-order chi connectivity index (χ0) is 27.6. The number of unbranched alkanes of at least 4 members (excludes halogenated alkanes) is 1. The van der Waals surface area contributed by atoms with Crippen molar-refractivity contribution in [3.05, 3.63) is 101 Å². The van der Waals surface area contributed by atoms with Gasteiger partial charge in [-0.1, -0.05) is 67.9 Å². The second-order valence-electron chi connectivity index (χ2n) is 9.82. The van der Waals surface area contributed by atoms with Gasteiger partial charge in [0.1, 0.15) is 5.75 Å². The summed E-state index contributed by atoms with van der Waals surface area (Å²) in [7, 11) is 0. The Morgan fingerprint density at radius 1 is 0.949 bits per heavy atom. The minimum atomic E-state index is -5.15. The van der Waals surface area contributed by atoms with E-state index < -0.39 is 18.1 Å². The molecule has 1 amide bonds. The Morgan fingerprint density at radius 3 is 2.33 bits per heavy atom. The maximum Gasteiger partial charge on any atom is 0.471 e. The Balaban J connectivity index is 1.66.